The lowest BCUT2D eigenvalue weighted by molar-refractivity contribution is 0.834. The molecule has 5 nitrogen and oxygen atoms in total. The maximum Gasteiger partial charge on any atom is 0.142 e. The molecule has 0 aliphatic rings. The highest BCUT2D eigenvalue weighted by molar-refractivity contribution is 7.98. The van der Waals surface area contributed by atoms with Crippen molar-refractivity contribution in [3.63, 3.8) is 0 Å². The highest BCUT2D eigenvalue weighted by Gasteiger charge is 2.04. The zero-order valence-corrected chi connectivity index (χ0v) is 9.11. The first-order valence-corrected chi connectivity index (χ1v) is 5.66. The van der Waals surface area contributed by atoms with E-state index in [0.717, 1.165) is 16.7 Å². The van der Waals surface area contributed by atoms with E-state index in [1.807, 2.05) is 23.1 Å². The Labute approximate surface area is 91.8 Å². The monoisotopic (exact) mass is 221 g/mol. The predicted octanol–water partition coefficient (Wildman–Crippen LogP) is 0.843. The van der Waals surface area contributed by atoms with Gasteiger partial charge in [-0.15, -0.1) is 11.8 Å². The van der Waals surface area contributed by atoms with E-state index in [4.69, 9.17) is 5.73 Å². The highest BCUT2D eigenvalue weighted by atomic mass is 32.2. The fraction of sp³-hybridized carbons (Fsp3) is 0.222. The zero-order valence-electron chi connectivity index (χ0n) is 8.29. The average molecular weight is 221 g/mol. The molecule has 2 N–H and O–H groups in total. The quantitative estimate of drug-likeness (QED) is 0.614. The Balaban J connectivity index is 2.44. The van der Waals surface area contributed by atoms with Crippen LogP contribution in [0, 0.1) is 0 Å². The van der Waals surface area contributed by atoms with Gasteiger partial charge in [-0.2, -0.15) is 0 Å². The number of imidazole rings is 1. The lowest BCUT2D eigenvalue weighted by Crippen LogP contribution is -2.07. The summed E-state index contributed by atoms with van der Waals surface area (Å²) < 4.78 is 1.86. The van der Waals surface area contributed by atoms with Crippen molar-refractivity contribution in [2.75, 3.05) is 6.26 Å². The van der Waals surface area contributed by atoms with Gasteiger partial charge in [-0.25, -0.2) is 15.0 Å². The molecule has 0 radical (unpaired) electrons. The Morgan fingerprint density at radius 1 is 1.40 bits per heavy atom. The molecule has 0 saturated carbocycles. The Morgan fingerprint density at radius 3 is 3.00 bits per heavy atom. The summed E-state index contributed by atoms with van der Waals surface area (Å²) in [6.45, 7) is 0.394. The van der Waals surface area contributed by atoms with Crippen LogP contribution >= 0.6 is 11.8 Å². The molecule has 0 unspecified atom stereocenters. The maximum atomic E-state index is 5.57. The second kappa shape index (κ2) is 4.41. The van der Waals surface area contributed by atoms with Crippen LogP contribution in [0.1, 0.15) is 5.82 Å². The van der Waals surface area contributed by atoms with Gasteiger partial charge < -0.3 is 5.73 Å². The van der Waals surface area contributed by atoms with Crippen LogP contribution in [0.5, 0.6) is 0 Å². The van der Waals surface area contributed by atoms with E-state index < -0.39 is 0 Å². The van der Waals surface area contributed by atoms with Gasteiger partial charge in [0.05, 0.1) is 6.54 Å². The van der Waals surface area contributed by atoms with Crippen LogP contribution in [0.15, 0.2) is 29.8 Å². The molecule has 2 rings (SSSR count). The number of nitrogens with zero attached hydrogens (tertiary/aromatic N) is 4. The summed E-state index contributed by atoms with van der Waals surface area (Å²) in [6.07, 6.45) is 7.07. The molecule has 2 heterocycles. The van der Waals surface area contributed by atoms with Crippen molar-refractivity contribution in [1.82, 2.24) is 19.5 Å². The van der Waals surface area contributed by atoms with Crippen LogP contribution in [0.2, 0.25) is 0 Å². The van der Waals surface area contributed by atoms with Crippen LogP contribution < -0.4 is 5.73 Å². The van der Waals surface area contributed by atoms with Crippen molar-refractivity contribution >= 4 is 11.8 Å². The fourth-order valence-corrected chi connectivity index (χ4v) is 1.64. The maximum absolute atomic E-state index is 5.57. The summed E-state index contributed by atoms with van der Waals surface area (Å²) in [6, 6.07) is 1.91. The molecule has 0 amide bonds. The average Bonchev–Trinajstić information content (AvgIpc) is 2.77. The zero-order chi connectivity index (χ0) is 10.7. The number of nitrogens with two attached hydrogens (primary N) is 1. The lowest BCUT2D eigenvalue weighted by Gasteiger charge is -2.05. The molecule has 0 aromatic carbocycles. The molecule has 6 heteroatoms. The van der Waals surface area contributed by atoms with Crippen LogP contribution in [-0.4, -0.2) is 25.8 Å². The highest BCUT2D eigenvalue weighted by Crippen LogP contribution is 2.14. The van der Waals surface area contributed by atoms with Crippen molar-refractivity contribution in [3.8, 4) is 5.82 Å². The van der Waals surface area contributed by atoms with Gasteiger partial charge in [0.1, 0.15) is 23.0 Å². The molecule has 0 fully saturated rings. The minimum atomic E-state index is 0.394. The largest absolute Gasteiger partial charge is 0.324 e. The van der Waals surface area contributed by atoms with Crippen molar-refractivity contribution in [2.45, 2.75) is 11.6 Å². The van der Waals surface area contributed by atoms with Gasteiger partial charge in [0, 0.05) is 18.5 Å². The Hall–Kier alpha value is -1.40. The van der Waals surface area contributed by atoms with Gasteiger partial charge in [-0.1, -0.05) is 0 Å². The molecule has 2 aromatic heterocycles. The SMILES string of the molecule is CSc1cc(-n2ccnc2CN)ncn1. The van der Waals surface area contributed by atoms with E-state index >= 15 is 0 Å². The van der Waals surface area contributed by atoms with Crippen LogP contribution in [-0.2, 0) is 6.54 Å². The third-order valence-electron chi connectivity index (χ3n) is 1.98. The smallest absolute Gasteiger partial charge is 0.142 e. The van der Waals surface area contributed by atoms with Gasteiger partial charge in [-0.05, 0) is 6.26 Å². The summed E-state index contributed by atoms with van der Waals surface area (Å²) in [5.41, 5.74) is 5.57. The van der Waals surface area contributed by atoms with Gasteiger partial charge in [0.25, 0.3) is 0 Å². The van der Waals surface area contributed by atoms with E-state index in [1.165, 1.54) is 0 Å². The normalized spacial score (nSPS) is 10.5. The minimum absolute atomic E-state index is 0.394. The van der Waals surface area contributed by atoms with E-state index in [1.54, 1.807) is 24.3 Å². The standard InChI is InChI=1S/C9H11N5S/c1-15-9-4-7(12-6-13-9)14-3-2-11-8(14)5-10/h2-4,6H,5,10H2,1H3. The van der Waals surface area contributed by atoms with E-state index in [-0.39, 0.29) is 0 Å². The van der Waals surface area contributed by atoms with Crippen molar-refractivity contribution < 1.29 is 0 Å². The molecule has 0 bridgehead atoms. The first kappa shape index (κ1) is 10.1. The van der Waals surface area contributed by atoms with Crippen molar-refractivity contribution in [1.29, 1.82) is 0 Å². The predicted molar refractivity (Wildman–Crippen MR) is 58.8 cm³/mol. The summed E-state index contributed by atoms with van der Waals surface area (Å²) in [4.78, 5) is 12.4. The molecule has 15 heavy (non-hydrogen) atoms. The molecule has 0 saturated heterocycles. The molecule has 78 valence electrons. The van der Waals surface area contributed by atoms with Gasteiger partial charge in [0.2, 0.25) is 0 Å². The van der Waals surface area contributed by atoms with Crippen LogP contribution in [0.3, 0.4) is 0 Å². The number of rotatable bonds is 3. The summed E-state index contributed by atoms with van der Waals surface area (Å²) in [7, 11) is 0. The Bertz CT molecular complexity index is 453. The minimum Gasteiger partial charge on any atom is -0.324 e. The first-order chi connectivity index (χ1) is 7.35. The fourth-order valence-electron chi connectivity index (χ4n) is 1.27. The van der Waals surface area contributed by atoms with Gasteiger partial charge in [0.15, 0.2) is 0 Å². The molecule has 0 atom stereocenters. The molecular weight excluding hydrogens is 210 g/mol. The number of thioether (sulfide) groups is 1. The Morgan fingerprint density at radius 2 is 2.27 bits per heavy atom. The van der Waals surface area contributed by atoms with E-state index in [2.05, 4.69) is 15.0 Å². The molecule has 0 spiro atoms. The third-order valence-corrected chi connectivity index (χ3v) is 2.62. The van der Waals surface area contributed by atoms with Gasteiger partial charge >= 0.3 is 0 Å². The van der Waals surface area contributed by atoms with E-state index in [9.17, 15) is 0 Å². The Kier molecular flexibility index (Phi) is 2.98. The topological polar surface area (TPSA) is 69.6 Å². The molecule has 0 aliphatic heterocycles. The lowest BCUT2D eigenvalue weighted by atomic mass is 10.5. The molecule has 2 aromatic rings. The summed E-state index contributed by atoms with van der Waals surface area (Å²) in [5.74, 6) is 1.59. The molecule has 0 aliphatic carbocycles. The second-order valence-electron chi connectivity index (χ2n) is 2.84. The summed E-state index contributed by atoms with van der Waals surface area (Å²) >= 11 is 1.58. The van der Waals surface area contributed by atoms with Crippen LogP contribution in [0.4, 0.5) is 0 Å². The first-order valence-electron chi connectivity index (χ1n) is 4.44. The van der Waals surface area contributed by atoms with Crippen LogP contribution in [0.25, 0.3) is 5.82 Å². The number of hydrogen-bond donors (Lipinski definition) is 1. The van der Waals surface area contributed by atoms with E-state index in [0.29, 0.717) is 6.54 Å². The van der Waals surface area contributed by atoms with Gasteiger partial charge in [-0.3, -0.25) is 4.57 Å². The van der Waals surface area contributed by atoms with Crippen molar-refractivity contribution in [3.05, 3.63) is 30.6 Å². The number of hydrogen-bond acceptors (Lipinski definition) is 5. The second-order valence-corrected chi connectivity index (χ2v) is 3.66. The number of aromatic nitrogens is 4. The molecular formula is C9H11N5S. The summed E-state index contributed by atoms with van der Waals surface area (Å²) in [5, 5.41) is 0.927. The third kappa shape index (κ3) is 2.00. The van der Waals surface area contributed by atoms with Crippen molar-refractivity contribution in [2.24, 2.45) is 5.73 Å².